The Bertz CT molecular complexity index is 1200. The Morgan fingerprint density at radius 1 is 0.786 bits per heavy atom. The Morgan fingerprint density at radius 2 is 1.36 bits per heavy atom. The van der Waals surface area contributed by atoms with Crippen molar-refractivity contribution in [1.82, 2.24) is 0 Å². The molecule has 28 heavy (non-hydrogen) atoms. The number of carbonyl (C=O) groups is 2. The van der Waals surface area contributed by atoms with E-state index in [1.165, 1.54) is 0 Å². The molecule has 5 nitrogen and oxygen atoms in total. The van der Waals surface area contributed by atoms with Crippen LogP contribution in [0.25, 0.3) is 11.0 Å². The number of nitrogens with zero attached hydrogens (tertiary/aromatic N) is 1. The molecule has 4 aromatic rings. The van der Waals surface area contributed by atoms with Crippen LogP contribution in [-0.4, -0.2) is 17.5 Å². The first-order chi connectivity index (χ1) is 13.7. The molecular weight excluding hydrogens is 354 g/mol. The normalized spacial score (nSPS) is 12.4. The lowest BCUT2D eigenvalue weighted by Crippen LogP contribution is -2.22. The largest absolute Gasteiger partial charge is 0.449 e. The maximum Gasteiger partial charge on any atom is 0.400 e. The fourth-order valence-electron chi connectivity index (χ4n) is 3.38. The Kier molecular flexibility index (Phi) is 3.66. The second-order valence-corrected chi connectivity index (χ2v) is 6.39. The summed E-state index contributed by atoms with van der Waals surface area (Å²) in [7, 11) is 0. The Balaban J connectivity index is 1.55. The molecule has 0 N–H and O–H groups in total. The smallest absolute Gasteiger partial charge is 0.400 e. The molecule has 5 rings (SSSR count). The van der Waals surface area contributed by atoms with Crippen molar-refractivity contribution >= 4 is 28.4 Å². The number of rotatable bonds is 2. The van der Waals surface area contributed by atoms with Crippen LogP contribution >= 0.6 is 0 Å². The summed E-state index contributed by atoms with van der Waals surface area (Å²) in [6.45, 7) is 0. The van der Waals surface area contributed by atoms with Crippen LogP contribution in [0.15, 0.2) is 88.4 Å². The van der Waals surface area contributed by atoms with E-state index < -0.39 is 5.97 Å². The monoisotopic (exact) mass is 367 g/mol. The lowest BCUT2D eigenvalue weighted by Gasteiger charge is -2.19. The van der Waals surface area contributed by atoms with Gasteiger partial charge in [-0.2, -0.15) is 0 Å². The second kappa shape index (κ2) is 6.32. The molecule has 3 aromatic carbocycles. The van der Waals surface area contributed by atoms with Crippen LogP contribution in [-0.2, 0) is 4.84 Å². The summed E-state index contributed by atoms with van der Waals surface area (Å²) in [6.07, 6.45) is 0. The number of ketones is 1. The van der Waals surface area contributed by atoms with Crippen LogP contribution < -0.4 is 0 Å². The minimum absolute atomic E-state index is 0.0685. The fourth-order valence-corrected chi connectivity index (χ4v) is 3.38. The number of carbonyl (C=O) groups excluding carboxylic acids is 2. The number of oxime groups is 1. The average Bonchev–Trinajstić information content (AvgIpc) is 3.18. The van der Waals surface area contributed by atoms with Gasteiger partial charge in [0.2, 0.25) is 5.76 Å². The van der Waals surface area contributed by atoms with Crippen molar-refractivity contribution in [2.45, 2.75) is 0 Å². The van der Waals surface area contributed by atoms with E-state index in [4.69, 9.17) is 9.25 Å². The van der Waals surface area contributed by atoms with Crippen molar-refractivity contribution in [2.24, 2.45) is 5.16 Å². The van der Waals surface area contributed by atoms with E-state index in [1.54, 1.807) is 48.5 Å². The number of benzene rings is 3. The standard InChI is InChI=1S/C23H13NO4/c25-22-17-10-4-2-8-15(17)21(16-9-3-5-11-18(16)22)24-28-23(26)20-13-14-7-1-6-12-19(14)27-20/h1-13H. The fraction of sp³-hybridized carbons (Fsp3) is 0. The van der Waals surface area contributed by atoms with Crippen molar-refractivity contribution in [2.75, 3.05) is 0 Å². The summed E-state index contributed by atoms with van der Waals surface area (Å²) in [5.41, 5.74) is 3.35. The van der Waals surface area contributed by atoms with Gasteiger partial charge in [0.15, 0.2) is 5.78 Å². The molecule has 0 spiro atoms. The molecular formula is C23H13NO4. The van der Waals surface area contributed by atoms with Gasteiger partial charge in [-0.05, 0) is 12.1 Å². The van der Waals surface area contributed by atoms with Crippen LogP contribution in [0.3, 0.4) is 0 Å². The lowest BCUT2D eigenvalue weighted by molar-refractivity contribution is 0.0483. The predicted octanol–water partition coefficient (Wildman–Crippen LogP) is 4.59. The van der Waals surface area contributed by atoms with Gasteiger partial charge in [0.1, 0.15) is 11.3 Å². The zero-order valence-electron chi connectivity index (χ0n) is 14.6. The van der Waals surface area contributed by atoms with Crippen molar-refractivity contribution in [3.05, 3.63) is 107 Å². The van der Waals surface area contributed by atoms with Crippen molar-refractivity contribution in [3.8, 4) is 0 Å². The molecule has 1 aliphatic rings. The molecule has 0 bridgehead atoms. The first-order valence-electron chi connectivity index (χ1n) is 8.74. The molecule has 0 atom stereocenters. The first kappa shape index (κ1) is 16.2. The van der Waals surface area contributed by atoms with Gasteiger partial charge in [0, 0.05) is 27.6 Å². The zero-order chi connectivity index (χ0) is 19.1. The third kappa shape index (κ3) is 2.53. The van der Waals surface area contributed by atoms with Gasteiger partial charge in [0.05, 0.1) is 0 Å². The van der Waals surface area contributed by atoms with E-state index in [1.807, 2.05) is 30.3 Å². The molecule has 0 saturated heterocycles. The van der Waals surface area contributed by atoms with Gasteiger partial charge in [-0.1, -0.05) is 71.9 Å². The molecule has 0 saturated carbocycles. The summed E-state index contributed by atoms with van der Waals surface area (Å²) in [4.78, 5) is 30.4. The van der Waals surface area contributed by atoms with Crippen LogP contribution in [0.1, 0.15) is 37.6 Å². The summed E-state index contributed by atoms with van der Waals surface area (Å²) >= 11 is 0. The maximum atomic E-state index is 12.7. The number of hydrogen-bond donors (Lipinski definition) is 0. The molecule has 1 aromatic heterocycles. The van der Waals surface area contributed by atoms with E-state index in [0.29, 0.717) is 33.5 Å². The van der Waals surface area contributed by atoms with Crippen molar-refractivity contribution in [1.29, 1.82) is 0 Å². The van der Waals surface area contributed by atoms with E-state index in [9.17, 15) is 9.59 Å². The zero-order valence-corrected chi connectivity index (χ0v) is 14.6. The van der Waals surface area contributed by atoms with Crippen LogP contribution in [0, 0.1) is 0 Å². The third-order valence-electron chi connectivity index (χ3n) is 4.70. The highest BCUT2D eigenvalue weighted by Crippen LogP contribution is 2.28. The van der Waals surface area contributed by atoms with Gasteiger partial charge in [-0.25, -0.2) is 4.79 Å². The molecule has 0 fully saturated rings. The molecule has 0 unspecified atom stereocenters. The van der Waals surface area contributed by atoms with E-state index in [-0.39, 0.29) is 11.5 Å². The maximum absolute atomic E-state index is 12.7. The quantitative estimate of drug-likeness (QED) is 0.338. The SMILES string of the molecule is O=C(ON=C1c2ccccc2C(=O)c2ccccc21)c1cc2ccccc2o1. The van der Waals surface area contributed by atoms with Crippen molar-refractivity contribution < 1.29 is 18.8 Å². The highest BCUT2D eigenvalue weighted by atomic mass is 16.7. The average molecular weight is 367 g/mol. The van der Waals surface area contributed by atoms with Gasteiger partial charge in [-0.3, -0.25) is 4.79 Å². The van der Waals surface area contributed by atoms with Crippen LogP contribution in [0.5, 0.6) is 0 Å². The topological polar surface area (TPSA) is 68.9 Å². The van der Waals surface area contributed by atoms with E-state index in [2.05, 4.69) is 5.16 Å². The molecule has 1 heterocycles. The second-order valence-electron chi connectivity index (χ2n) is 6.39. The summed E-state index contributed by atoms with van der Waals surface area (Å²) in [6, 6.07) is 23.2. The van der Waals surface area contributed by atoms with E-state index in [0.717, 1.165) is 5.39 Å². The highest BCUT2D eigenvalue weighted by molar-refractivity contribution is 6.30. The minimum Gasteiger partial charge on any atom is -0.449 e. The molecule has 0 aliphatic heterocycles. The number of para-hydroxylation sites is 1. The molecule has 5 heteroatoms. The summed E-state index contributed by atoms with van der Waals surface area (Å²) in [5.74, 6) is -0.705. The van der Waals surface area contributed by atoms with Gasteiger partial charge in [0.25, 0.3) is 0 Å². The number of furan rings is 1. The Hall–Kier alpha value is -3.99. The molecule has 0 amide bonds. The van der Waals surface area contributed by atoms with Gasteiger partial charge in [-0.15, -0.1) is 0 Å². The third-order valence-corrected chi connectivity index (χ3v) is 4.70. The van der Waals surface area contributed by atoms with Crippen LogP contribution in [0.2, 0.25) is 0 Å². The van der Waals surface area contributed by atoms with Crippen molar-refractivity contribution in [3.63, 3.8) is 0 Å². The van der Waals surface area contributed by atoms with E-state index >= 15 is 0 Å². The Labute approximate surface area is 159 Å². The number of hydrogen-bond acceptors (Lipinski definition) is 5. The number of fused-ring (bicyclic) bond motifs is 3. The van der Waals surface area contributed by atoms with Crippen LogP contribution in [0.4, 0.5) is 0 Å². The summed E-state index contributed by atoms with van der Waals surface area (Å²) in [5, 5.41) is 4.91. The molecule has 1 aliphatic carbocycles. The Morgan fingerprint density at radius 3 is 2.00 bits per heavy atom. The predicted molar refractivity (Wildman–Crippen MR) is 104 cm³/mol. The van der Waals surface area contributed by atoms with Gasteiger partial charge < -0.3 is 9.25 Å². The molecule has 134 valence electrons. The minimum atomic E-state index is -0.699. The highest BCUT2D eigenvalue weighted by Gasteiger charge is 2.28. The molecule has 0 radical (unpaired) electrons. The summed E-state index contributed by atoms with van der Waals surface area (Å²) < 4.78 is 5.53. The lowest BCUT2D eigenvalue weighted by atomic mass is 9.84. The first-order valence-corrected chi connectivity index (χ1v) is 8.74. The van der Waals surface area contributed by atoms with Gasteiger partial charge >= 0.3 is 5.97 Å².